The summed E-state index contributed by atoms with van der Waals surface area (Å²) in [4.78, 5) is 15.2. The molecule has 5 heteroatoms. The van der Waals surface area contributed by atoms with Crippen LogP contribution in [-0.4, -0.2) is 15.5 Å². The number of rotatable bonds is 2. The average molecular weight is 294 g/mol. The number of primary amides is 1. The monoisotopic (exact) mass is 293 g/mol. The molecule has 0 unspecified atom stereocenters. The Kier molecular flexibility index (Phi) is 3.02. The Hall–Kier alpha value is -1.62. The molecule has 1 amide bonds. The van der Waals surface area contributed by atoms with Gasteiger partial charge in [0.05, 0.1) is 17.4 Å². The van der Waals surface area contributed by atoms with Gasteiger partial charge in [0.1, 0.15) is 0 Å². The van der Waals surface area contributed by atoms with Crippen LogP contribution in [-0.2, 0) is 0 Å². The molecule has 0 saturated carbocycles. The first-order chi connectivity index (χ1) is 8.00. The maximum Gasteiger partial charge on any atom is 0.250 e. The molecule has 4 nitrogen and oxygen atoms in total. The molecule has 0 bridgehead atoms. The Morgan fingerprint density at radius 1 is 1.35 bits per heavy atom. The van der Waals surface area contributed by atoms with Crippen molar-refractivity contribution in [3.05, 3.63) is 46.0 Å². The number of nitrogens with zero attached hydrogens (tertiary/aromatic N) is 2. The number of aromatic nitrogens is 2. The van der Waals surface area contributed by atoms with Crippen LogP contribution in [0.2, 0.25) is 0 Å². The molecule has 2 aromatic heterocycles. The molecule has 0 radical (unpaired) electrons. The van der Waals surface area contributed by atoms with Gasteiger partial charge < -0.3 is 10.3 Å². The topological polar surface area (TPSA) is 60.9 Å². The standard InChI is InChI=1S/C12H12BrN3O/c1-7-3-11(13)8(2)16(7)10-4-9(12(14)17)5-15-6-10/h3-6H,1-2H3,(H2,14,17). The second-order valence-corrected chi connectivity index (χ2v) is 4.70. The Bertz CT molecular complexity index is 589. The first-order valence-electron chi connectivity index (χ1n) is 5.10. The van der Waals surface area contributed by atoms with Crippen LogP contribution >= 0.6 is 15.9 Å². The number of halogens is 1. The lowest BCUT2D eigenvalue weighted by atomic mass is 10.2. The molecule has 2 aromatic rings. The molecule has 0 saturated heterocycles. The van der Waals surface area contributed by atoms with E-state index in [9.17, 15) is 4.79 Å². The van der Waals surface area contributed by atoms with Crippen LogP contribution in [0.25, 0.3) is 5.69 Å². The van der Waals surface area contributed by atoms with Gasteiger partial charge in [-0.3, -0.25) is 9.78 Å². The Morgan fingerprint density at radius 2 is 2.06 bits per heavy atom. The minimum absolute atomic E-state index is 0.408. The summed E-state index contributed by atoms with van der Waals surface area (Å²) < 4.78 is 3.04. The third-order valence-electron chi connectivity index (χ3n) is 2.64. The van der Waals surface area contributed by atoms with Crippen molar-refractivity contribution >= 4 is 21.8 Å². The van der Waals surface area contributed by atoms with Crippen molar-refractivity contribution in [1.29, 1.82) is 0 Å². The van der Waals surface area contributed by atoms with E-state index >= 15 is 0 Å². The predicted octanol–water partition coefficient (Wildman–Crippen LogP) is 2.35. The maximum absolute atomic E-state index is 11.1. The molecule has 17 heavy (non-hydrogen) atoms. The van der Waals surface area contributed by atoms with Crippen LogP contribution in [0.5, 0.6) is 0 Å². The van der Waals surface area contributed by atoms with Crippen molar-refractivity contribution in [1.82, 2.24) is 9.55 Å². The summed E-state index contributed by atoms with van der Waals surface area (Å²) >= 11 is 3.48. The highest BCUT2D eigenvalue weighted by Gasteiger charge is 2.10. The molecular weight excluding hydrogens is 282 g/mol. The number of aryl methyl sites for hydroxylation is 1. The van der Waals surface area contributed by atoms with Crippen molar-refractivity contribution < 1.29 is 4.79 Å². The Labute approximate surface area is 108 Å². The van der Waals surface area contributed by atoms with Gasteiger partial charge in [0.2, 0.25) is 5.91 Å². The highest BCUT2D eigenvalue weighted by atomic mass is 79.9. The third kappa shape index (κ3) is 2.10. The summed E-state index contributed by atoms with van der Waals surface area (Å²) in [7, 11) is 0. The molecule has 0 fully saturated rings. The van der Waals surface area contributed by atoms with Gasteiger partial charge in [-0.2, -0.15) is 0 Å². The summed E-state index contributed by atoms with van der Waals surface area (Å²) in [5.41, 5.74) is 8.62. The quantitative estimate of drug-likeness (QED) is 0.924. The van der Waals surface area contributed by atoms with Gasteiger partial charge in [0.15, 0.2) is 0 Å². The Morgan fingerprint density at radius 3 is 2.59 bits per heavy atom. The van der Waals surface area contributed by atoms with Crippen LogP contribution < -0.4 is 5.73 Å². The number of carbonyl (C=O) groups is 1. The number of pyridine rings is 1. The smallest absolute Gasteiger partial charge is 0.250 e. The number of hydrogen-bond donors (Lipinski definition) is 1. The van der Waals surface area contributed by atoms with Gasteiger partial charge >= 0.3 is 0 Å². The second kappa shape index (κ2) is 4.33. The van der Waals surface area contributed by atoms with E-state index in [-0.39, 0.29) is 0 Å². The summed E-state index contributed by atoms with van der Waals surface area (Å²) in [5, 5.41) is 0. The van der Waals surface area contributed by atoms with Crippen molar-refractivity contribution in [3.8, 4) is 5.69 Å². The lowest BCUT2D eigenvalue weighted by molar-refractivity contribution is 0.1000. The molecular formula is C12H12BrN3O. The minimum atomic E-state index is -0.471. The molecule has 0 aliphatic heterocycles. The fourth-order valence-corrected chi connectivity index (χ4v) is 2.31. The van der Waals surface area contributed by atoms with Crippen LogP contribution in [0.4, 0.5) is 0 Å². The largest absolute Gasteiger partial charge is 0.366 e. The van der Waals surface area contributed by atoms with Crippen LogP contribution in [0, 0.1) is 13.8 Å². The fraction of sp³-hybridized carbons (Fsp3) is 0.167. The summed E-state index contributed by atoms with van der Waals surface area (Å²) in [6.45, 7) is 3.99. The summed E-state index contributed by atoms with van der Waals surface area (Å²) in [6, 6.07) is 3.76. The zero-order valence-electron chi connectivity index (χ0n) is 9.57. The molecule has 2 heterocycles. The van der Waals surface area contributed by atoms with Gasteiger partial charge in [-0.25, -0.2) is 0 Å². The maximum atomic E-state index is 11.1. The van der Waals surface area contributed by atoms with E-state index < -0.39 is 5.91 Å². The van der Waals surface area contributed by atoms with Gasteiger partial charge in [-0.1, -0.05) is 0 Å². The van der Waals surface area contributed by atoms with Crippen molar-refractivity contribution in [2.24, 2.45) is 5.73 Å². The van der Waals surface area contributed by atoms with Crippen molar-refractivity contribution in [2.45, 2.75) is 13.8 Å². The molecule has 0 spiro atoms. The van der Waals surface area contributed by atoms with Crippen LogP contribution in [0.15, 0.2) is 29.0 Å². The first-order valence-corrected chi connectivity index (χ1v) is 5.89. The molecule has 0 aliphatic rings. The van der Waals surface area contributed by atoms with Gasteiger partial charge in [-0.05, 0) is 41.9 Å². The van der Waals surface area contributed by atoms with Gasteiger partial charge in [0, 0.05) is 22.1 Å². The molecule has 2 N–H and O–H groups in total. The van der Waals surface area contributed by atoms with E-state index in [2.05, 4.69) is 20.9 Å². The summed E-state index contributed by atoms with van der Waals surface area (Å²) in [6.07, 6.45) is 3.17. The third-order valence-corrected chi connectivity index (χ3v) is 3.44. The van der Waals surface area contributed by atoms with Crippen molar-refractivity contribution in [3.63, 3.8) is 0 Å². The van der Waals surface area contributed by atoms with E-state index in [1.54, 1.807) is 12.3 Å². The predicted molar refractivity (Wildman–Crippen MR) is 69.3 cm³/mol. The highest BCUT2D eigenvalue weighted by molar-refractivity contribution is 9.10. The molecule has 0 atom stereocenters. The zero-order valence-corrected chi connectivity index (χ0v) is 11.2. The molecule has 88 valence electrons. The fourth-order valence-electron chi connectivity index (χ4n) is 1.81. The number of hydrogen-bond acceptors (Lipinski definition) is 2. The van der Waals surface area contributed by atoms with E-state index in [4.69, 9.17) is 5.73 Å². The SMILES string of the molecule is Cc1cc(Br)c(C)n1-c1cncc(C(N)=O)c1. The molecule has 2 rings (SSSR count). The zero-order chi connectivity index (χ0) is 12.6. The average Bonchev–Trinajstić information content (AvgIpc) is 2.53. The van der Waals surface area contributed by atoms with E-state index in [0.29, 0.717) is 5.56 Å². The number of nitrogens with two attached hydrogens (primary N) is 1. The lowest BCUT2D eigenvalue weighted by Crippen LogP contribution is -2.12. The first kappa shape index (κ1) is 11.9. The van der Waals surface area contributed by atoms with Crippen molar-refractivity contribution in [2.75, 3.05) is 0 Å². The van der Waals surface area contributed by atoms with E-state index in [0.717, 1.165) is 21.5 Å². The van der Waals surface area contributed by atoms with Gasteiger partial charge in [0.25, 0.3) is 0 Å². The number of amides is 1. The van der Waals surface area contributed by atoms with Gasteiger partial charge in [-0.15, -0.1) is 0 Å². The van der Waals surface area contributed by atoms with E-state index in [1.807, 2.05) is 24.5 Å². The lowest BCUT2D eigenvalue weighted by Gasteiger charge is -2.09. The molecule has 0 aliphatic carbocycles. The second-order valence-electron chi connectivity index (χ2n) is 3.85. The Balaban J connectivity index is 2.60. The normalized spacial score (nSPS) is 10.5. The highest BCUT2D eigenvalue weighted by Crippen LogP contribution is 2.24. The summed E-state index contributed by atoms with van der Waals surface area (Å²) in [5.74, 6) is -0.471. The van der Waals surface area contributed by atoms with Crippen LogP contribution in [0.1, 0.15) is 21.7 Å². The van der Waals surface area contributed by atoms with E-state index in [1.165, 1.54) is 6.20 Å². The molecule has 0 aromatic carbocycles. The minimum Gasteiger partial charge on any atom is -0.366 e. The number of carbonyl (C=O) groups excluding carboxylic acids is 1. The van der Waals surface area contributed by atoms with Crippen LogP contribution in [0.3, 0.4) is 0 Å².